The number of nitrogens with zero attached hydrogens (tertiary/aromatic N) is 3. The van der Waals surface area contributed by atoms with Crippen LogP contribution in [-0.2, 0) is 16.0 Å². The molecule has 0 saturated heterocycles. The van der Waals surface area contributed by atoms with Crippen LogP contribution in [0, 0.1) is 5.92 Å². The Bertz CT molecular complexity index is 1220. The third-order valence-corrected chi connectivity index (χ3v) is 5.11. The maximum absolute atomic E-state index is 10.6. The zero-order valence-electron chi connectivity index (χ0n) is 18.5. The largest absolute Gasteiger partial charge is 0.480 e. The van der Waals surface area contributed by atoms with Crippen LogP contribution >= 0.6 is 0 Å². The van der Waals surface area contributed by atoms with Crippen LogP contribution in [0.5, 0.6) is 5.88 Å². The van der Waals surface area contributed by atoms with Crippen molar-refractivity contribution in [3.8, 4) is 28.5 Å². The lowest BCUT2D eigenvalue weighted by molar-refractivity contribution is -0.142. The SMILES string of the molecule is CCc1ccc(-c2c(-c3ccccc3)oc3ncnc(OC[C@H](C)COCC(=O)O)c23)nc1. The summed E-state index contributed by atoms with van der Waals surface area (Å²) < 4.78 is 17.4. The van der Waals surface area contributed by atoms with Crippen molar-refractivity contribution in [3.63, 3.8) is 0 Å². The Morgan fingerprint density at radius 1 is 1.09 bits per heavy atom. The number of rotatable bonds is 10. The number of benzene rings is 1. The van der Waals surface area contributed by atoms with Gasteiger partial charge in [-0.15, -0.1) is 0 Å². The van der Waals surface area contributed by atoms with E-state index in [4.69, 9.17) is 19.0 Å². The minimum absolute atomic E-state index is 0.0414. The lowest BCUT2D eigenvalue weighted by Crippen LogP contribution is -2.18. The Morgan fingerprint density at radius 2 is 1.91 bits per heavy atom. The first kappa shape index (κ1) is 22.4. The van der Waals surface area contributed by atoms with E-state index in [0.717, 1.165) is 28.8 Å². The van der Waals surface area contributed by atoms with Crippen LogP contribution in [0.4, 0.5) is 0 Å². The van der Waals surface area contributed by atoms with E-state index in [0.29, 0.717) is 29.3 Å². The highest BCUT2D eigenvalue weighted by Crippen LogP contribution is 2.42. The lowest BCUT2D eigenvalue weighted by Gasteiger charge is -2.13. The molecule has 3 aromatic heterocycles. The van der Waals surface area contributed by atoms with Crippen molar-refractivity contribution in [2.75, 3.05) is 19.8 Å². The Hall–Kier alpha value is -3.78. The van der Waals surface area contributed by atoms with Gasteiger partial charge in [-0.1, -0.05) is 50.2 Å². The number of fused-ring (bicyclic) bond motifs is 1. The summed E-state index contributed by atoms with van der Waals surface area (Å²) in [6.45, 7) is 4.21. The van der Waals surface area contributed by atoms with Crippen LogP contribution < -0.4 is 4.74 Å². The zero-order valence-corrected chi connectivity index (χ0v) is 18.5. The van der Waals surface area contributed by atoms with E-state index in [2.05, 4.69) is 21.9 Å². The highest BCUT2D eigenvalue weighted by atomic mass is 16.5. The molecule has 0 aliphatic carbocycles. The standard InChI is InChI=1S/C25H25N3O5/c1-3-17-9-10-19(26-11-17)21-22-24(32-13-16(2)12-31-14-20(29)30)27-15-28-25(22)33-23(21)18-7-5-4-6-8-18/h4-11,15-16H,3,12-14H2,1-2H3,(H,29,30)/t16-/m1/s1. The maximum Gasteiger partial charge on any atom is 0.329 e. The van der Waals surface area contributed by atoms with Crippen molar-refractivity contribution in [2.45, 2.75) is 20.3 Å². The van der Waals surface area contributed by atoms with Gasteiger partial charge in [0.2, 0.25) is 11.6 Å². The zero-order chi connectivity index (χ0) is 23.2. The van der Waals surface area contributed by atoms with Gasteiger partial charge in [0.05, 0.1) is 24.5 Å². The third-order valence-electron chi connectivity index (χ3n) is 5.11. The molecular weight excluding hydrogens is 422 g/mol. The van der Waals surface area contributed by atoms with Crippen molar-refractivity contribution >= 4 is 17.1 Å². The Labute approximate surface area is 191 Å². The van der Waals surface area contributed by atoms with Gasteiger partial charge in [-0.2, -0.15) is 0 Å². The van der Waals surface area contributed by atoms with Gasteiger partial charge in [-0.3, -0.25) is 4.98 Å². The number of carboxylic acid groups (broad SMARTS) is 1. The Morgan fingerprint density at radius 3 is 2.61 bits per heavy atom. The first-order valence-corrected chi connectivity index (χ1v) is 10.8. The summed E-state index contributed by atoms with van der Waals surface area (Å²) in [5, 5.41) is 9.38. The number of hydrogen-bond acceptors (Lipinski definition) is 7. The second-order valence-corrected chi connectivity index (χ2v) is 7.76. The van der Waals surface area contributed by atoms with E-state index < -0.39 is 5.97 Å². The minimum atomic E-state index is -1.00. The van der Waals surface area contributed by atoms with Crippen LogP contribution in [-0.4, -0.2) is 45.8 Å². The number of aryl methyl sites for hydroxylation is 1. The fraction of sp³-hybridized carbons (Fsp3) is 0.280. The minimum Gasteiger partial charge on any atom is -0.480 e. The molecule has 8 heteroatoms. The molecule has 0 aliphatic heterocycles. The highest BCUT2D eigenvalue weighted by molar-refractivity contribution is 6.02. The summed E-state index contributed by atoms with van der Waals surface area (Å²) >= 11 is 0. The average Bonchev–Trinajstić information content (AvgIpc) is 3.23. The second-order valence-electron chi connectivity index (χ2n) is 7.76. The van der Waals surface area contributed by atoms with Crippen LogP contribution in [0.25, 0.3) is 33.7 Å². The first-order chi connectivity index (χ1) is 16.1. The average molecular weight is 447 g/mol. The molecular formula is C25H25N3O5. The molecule has 0 amide bonds. The predicted octanol–water partition coefficient (Wildman–Crippen LogP) is 4.63. The molecule has 0 aliphatic rings. The molecule has 170 valence electrons. The second kappa shape index (κ2) is 10.2. The third kappa shape index (κ3) is 5.18. The van der Waals surface area contributed by atoms with Gasteiger partial charge in [-0.25, -0.2) is 14.8 Å². The number of carbonyl (C=O) groups is 1. The molecule has 4 aromatic rings. The molecule has 1 atom stereocenters. The number of carboxylic acids is 1. The molecule has 0 saturated carbocycles. The van der Waals surface area contributed by atoms with Gasteiger partial charge in [0.25, 0.3) is 0 Å². The number of pyridine rings is 1. The number of furan rings is 1. The smallest absolute Gasteiger partial charge is 0.329 e. The summed E-state index contributed by atoms with van der Waals surface area (Å²) in [6.07, 6.45) is 4.15. The molecule has 0 unspecified atom stereocenters. The van der Waals surface area contributed by atoms with Gasteiger partial charge in [0.15, 0.2) is 0 Å². The first-order valence-electron chi connectivity index (χ1n) is 10.8. The van der Waals surface area contributed by atoms with Gasteiger partial charge in [-0.05, 0) is 18.1 Å². The van der Waals surface area contributed by atoms with Crippen molar-refractivity contribution in [3.05, 3.63) is 60.6 Å². The Balaban J connectivity index is 1.73. The van der Waals surface area contributed by atoms with Gasteiger partial charge >= 0.3 is 5.97 Å². The van der Waals surface area contributed by atoms with E-state index in [1.54, 1.807) is 0 Å². The molecule has 33 heavy (non-hydrogen) atoms. The van der Waals surface area contributed by atoms with E-state index in [9.17, 15) is 4.79 Å². The lowest BCUT2D eigenvalue weighted by atomic mass is 10.0. The van der Waals surface area contributed by atoms with Crippen molar-refractivity contribution in [2.24, 2.45) is 5.92 Å². The van der Waals surface area contributed by atoms with E-state index >= 15 is 0 Å². The van der Waals surface area contributed by atoms with Crippen molar-refractivity contribution < 1.29 is 23.8 Å². The van der Waals surface area contributed by atoms with Crippen molar-refractivity contribution in [1.29, 1.82) is 0 Å². The summed E-state index contributed by atoms with van der Waals surface area (Å²) in [5.41, 5.74) is 3.94. The number of ether oxygens (including phenoxy) is 2. The Kier molecular flexibility index (Phi) is 6.95. The topological polar surface area (TPSA) is 108 Å². The van der Waals surface area contributed by atoms with Crippen LogP contribution in [0.15, 0.2) is 59.4 Å². The predicted molar refractivity (Wildman–Crippen MR) is 123 cm³/mol. The fourth-order valence-electron chi connectivity index (χ4n) is 3.45. The van der Waals surface area contributed by atoms with Gasteiger partial charge in [0, 0.05) is 17.7 Å². The molecule has 1 N–H and O–H groups in total. The molecule has 1 aromatic carbocycles. The molecule has 4 rings (SSSR count). The van der Waals surface area contributed by atoms with Crippen LogP contribution in [0.1, 0.15) is 19.4 Å². The summed E-state index contributed by atoms with van der Waals surface area (Å²) in [4.78, 5) is 24.0. The van der Waals surface area contributed by atoms with E-state index in [-0.39, 0.29) is 19.1 Å². The van der Waals surface area contributed by atoms with Crippen molar-refractivity contribution in [1.82, 2.24) is 15.0 Å². The summed E-state index contributed by atoms with van der Waals surface area (Å²) in [6, 6.07) is 13.8. The molecule has 0 spiro atoms. The normalized spacial score (nSPS) is 12.1. The molecule has 8 nitrogen and oxygen atoms in total. The number of aliphatic carboxylic acids is 1. The molecule has 0 radical (unpaired) electrons. The summed E-state index contributed by atoms with van der Waals surface area (Å²) in [7, 11) is 0. The highest BCUT2D eigenvalue weighted by Gasteiger charge is 2.24. The molecule has 3 heterocycles. The fourth-order valence-corrected chi connectivity index (χ4v) is 3.45. The van der Waals surface area contributed by atoms with Crippen LogP contribution in [0.2, 0.25) is 0 Å². The molecule has 0 bridgehead atoms. The maximum atomic E-state index is 10.6. The number of hydrogen-bond donors (Lipinski definition) is 1. The summed E-state index contributed by atoms with van der Waals surface area (Å²) in [5.74, 6) is -0.0168. The van der Waals surface area contributed by atoms with E-state index in [1.807, 2.05) is 55.6 Å². The molecule has 0 fully saturated rings. The number of aromatic nitrogens is 3. The quantitative estimate of drug-likeness (QED) is 0.375. The van der Waals surface area contributed by atoms with Gasteiger partial charge in [0.1, 0.15) is 24.1 Å². The van der Waals surface area contributed by atoms with E-state index in [1.165, 1.54) is 6.33 Å². The van der Waals surface area contributed by atoms with Crippen LogP contribution in [0.3, 0.4) is 0 Å². The monoisotopic (exact) mass is 447 g/mol. The van der Waals surface area contributed by atoms with Gasteiger partial charge < -0.3 is 19.0 Å².